The van der Waals surface area contributed by atoms with Crippen molar-refractivity contribution in [3.63, 3.8) is 0 Å². The Hall–Kier alpha value is -1.76. The van der Waals surface area contributed by atoms with Crippen molar-refractivity contribution in [3.8, 4) is 0 Å². The monoisotopic (exact) mass is 358 g/mol. The zero-order chi connectivity index (χ0) is 19.7. The highest BCUT2D eigenvalue weighted by Gasteiger charge is 2.20. The van der Waals surface area contributed by atoms with Crippen LogP contribution in [-0.4, -0.2) is 47.9 Å². The average Bonchev–Trinajstić information content (AvgIpc) is 2.32. The predicted molar refractivity (Wildman–Crippen MR) is 91.0 cm³/mol. The first-order valence-electron chi connectivity index (χ1n) is 8.33. The van der Waals surface area contributed by atoms with Gasteiger partial charge >= 0.3 is 11.9 Å². The normalized spacial score (nSPS) is 11.8. The minimum absolute atomic E-state index is 0.0689. The minimum Gasteiger partial charge on any atom is -0.460 e. The van der Waals surface area contributed by atoms with E-state index >= 15 is 0 Å². The molecule has 0 unspecified atom stereocenters. The Morgan fingerprint density at radius 2 is 0.960 bits per heavy atom. The molecule has 0 saturated carbocycles. The number of ketones is 2. The summed E-state index contributed by atoms with van der Waals surface area (Å²) in [6, 6.07) is 0. The topological polar surface area (TPSA) is 96.0 Å². The third-order valence-electron chi connectivity index (χ3n) is 2.57. The molecule has 0 aliphatic carbocycles. The lowest BCUT2D eigenvalue weighted by Crippen LogP contribution is -2.25. The molecule has 0 fully saturated rings. The predicted octanol–water partition coefficient (Wildman–Crippen LogP) is 2.38. The van der Waals surface area contributed by atoms with Gasteiger partial charge in [-0.2, -0.15) is 0 Å². The summed E-state index contributed by atoms with van der Waals surface area (Å²) in [5.41, 5.74) is -1.25. The van der Waals surface area contributed by atoms with Gasteiger partial charge in [-0.05, 0) is 41.5 Å². The Kier molecular flexibility index (Phi) is 9.56. The highest BCUT2D eigenvalue weighted by atomic mass is 16.6. The highest BCUT2D eigenvalue weighted by Crippen LogP contribution is 2.10. The van der Waals surface area contributed by atoms with E-state index in [1.807, 2.05) is 0 Å². The maximum atomic E-state index is 11.6. The molecule has 0 amide bonds. The highest BCUT2D eigenvalue weighted by molar-refractivity contribution is 5.96. The number of rotatable bonds is 10. The van der Waals surface area contributed by atoms with Gasteiger partial charge in [0.1, 0.15) is 35.6 Å². The number of carbonyl (C=O) groups is 4. The maximum Gasteiger partial charge on any atom is 0.313 e. The van der Waals surface area contributed by atoms with E-state index in [9.17, 15) is 19.2 Å². The van der Waals surface area contributed by atoms with Gasteiger partial charge in [0.05, 0.1) is 13.2 Å². The van der Waals surface area contributed by atoms with Gasteiger partial charge in [-0.15, -0.1) is 0 Å². The fourth-order valence-electron chi connectivity index (χ4n) is 1.73. The van der Waals surface area contributed by atoms with Crippen LogP contribution < -0.4 is 0 Å². The molecule has 0 rings (SSSR count). The molecule has 0 atom stereocenters. The Labute approximate surface area is 149 Å². The summed E-state index contributed by atoms with van der Waals surface area (Å²) in [5.74, 6) is -1.70. The largest absolute Gasteiger partial charge is 0.460 e. The first-order chi connectivity index (χ1) is 11.3. The van der Waals surface area contributed by atoms with Gasteiger partial charge in [-0.25, -0.2) is 0 Å². The molecule has 0 aromatic carbocycles. The van der Waals surface area contributed by atoms with E-state index < -0.39 is 23.1 Å². The summed E-state index contributed by atoms with van der Waals surface area (Å²) in [5, 5.41) is 0. The lowest BCUT2D eigenvalue weighted by Gasteiger charge is -2.19. The number of carbonyl (C=O) groups excluding carboxylic acids is 4. The van der Waals surface area contributed by atoms with Crippen LogP contribution >= 0.6 is 0 Å². The summed E-state index contributed by atoms with van der Waals surface area (Å²) < 4.78 is 15.3. The van der Waals surface area contributed by atoms with Gasteiger partial charge in [0, 0.05) is 12.8 Å². The molecular formula is C18H30O7. The molecule has 0 aromatic heterocycles. The van der Waals surface area contributed by atoms with E-state index in [4.69, 9.17) is 14.2 Å². The van der Waals surface area contributed by atoms with Crippen molar-refractivity contribution in [2.24, 2.45) is 0 Å². The van der Waals surface area contributed by atoms with E-state index in [0.717, 1.165) is 0 Å². The van der Waals surface area contributed by atoms with Crippen LogP contribution in [0.25, 0.3) is 0 Å². The molecule has 7 nitrogen and oxygen atoms in total. The average molecular weight is 358 g/mol. The SMILES string of the molecule is CC(C)(C)OC(=O)CC(=O)CCOCCC(=O)CC(=O)OC(C)(C)C. The van der Waals surface area contributed by atoms with Crippen molar-refractivity contribution in [3.05, 3.63) is 0 Å². The lowest BCUT2D eigenvalue weighted by atomic mass is 10.2. The van der Waals surface area contributed by atoms with Crippen molar-refractivity contribution in [1.29, 1.82) is 0 Å². The van der Waals surface area contributed by atoms with Crippen LogP contribution in [0, 0.1) is 0 Å². The first kappa shape index (κ1) is 23.2. The standard InChI is InChI=1S/C18H30O7/c1-17(2,3)24-15(21)11-13(19)7-9-23-10-8-14(20)12-16(22)25-18(4,5)6/h7-12H2,1-6H3. The zero-order valence-electron chi connectivity index (χ0n) is 16.1. The first-order valence-corrected chi connectivity index (χ1v) is 8.33. The van der Waals surface area contributed by atoms with Crippen LogP contribution in [0.3, 0.4) is 0 Å². The maximum absolute atomic E-state index is 11.6. The smallest absolute Gasteiger partial charge is 0.313 e. The third-order valence-corrected chi connectivity index (χ3v) is 2.57. The van der Waals surface area contributed by atoms with Crippen molar-refractivity contribution in [2.45, 2.75) is 78.4 Å². The van der Waals surface area contributed by atoms with E-state index in [0.29, 0.717) is 0 Å². The van der Waals surface area contributed by atoms with Crippen LogP contribution in [0.4, 0.5) is 0 Å². The van der Waals surface area contributed by atoms with Crippen LogP contribution in [-0.2, 0) is 33.4 Å². The van der Waals surface area contributed by atoms with Crippen molar-refractivity contribution >= 4 is 23.5 Å². The molecule has 0 aliphatic heterocycles. The number of Topliss-reactive ketones (excluding diaryl/α,β-unsaturated/α-hetero) is 2. The summed E-state index contributed by atoms with van der Waals surface area (Å²) >= 11 is 0. The Morgan fingerprint density at radius 1 is 0.640 bits per heavy atom. The molecule has 144 valence electrons. The van der Waals surface area contributed by atoms with Crippen LogP contribution in [0.5, 0.6) is 0 Å². The van der Waals surface area contributed by atoms with E-state index in [1.54, 1.807) is 41.5 Å². The summed E-state index contributed by atoms with van der Waals surface area (Å²) in [6.07, 6.45) is -0.449. The van der Waals surface area contributed by atoms with Crippen molar-refractivity contribution in [1.82, 2.24) is 0 Å². The quantitative estimate of drug-likeness (QED) is 0.336. The molecule has 0 heterocycles. The molecule has 0 aromatic rings. The Morgan fingerprint density at radius 3 is 1.24 bits per heavy atom. The molecule has 0 radical (unpaired) electrons. The second-order valence-corrected chi connectivity index (χ2v) is 7.72. The zero-order valence-corrected chi connectivity index (χ0v) is 16.1. The Bertz CT molecular complexity index is 437. The summed E-state index contributed by atoms with van der Waals surface area (Å²) in [6.45, 7) is 10.6. The molecule has 0 saturated heterocycles. The van der Waals surface area contributed by atoms with Gasteiger partial charge in [0.25, 0.3) is 0 Å². The second kappa shape index (κ2) is 10.3. The number of hydrogen-bond donors (Lipinski definition) is 0. The molecule has 0 bridgehead atoms. The summed E-state index contributed by atoms with van der Waals surface area (Å²) in [4.78, 5) is 46.2. The van der Waals surface area contributed by atoms with E-state index in [1.165, 1.54) is 0 Å². The molecule has 0 spiro atoms. The molecular weight excluding hydrogens is 328 g/mol. The van der Waals surface area contributed by atoms with Crippen LogP contribution in [0.15, 0.2) is 0 Å². The fourth-order valence-corrected chi connectivity index (χ4v) is 1.73. The Balaban J connectivity index is 3.81. The van der Waals surface area contributed by atoms with Gasteiger partial charge in [-0.3, -0.25) is 19.2 Å². The van der Waals surface area contributed by atoms with Crippen LogP contribution in [0.1, 0.15) is 67.2 Å². The van der Waals surface area contributed by atoms with Crippen LogP contribution in [0.2, 0.25) is 0 Å². The van der Waals surface area contributed by atoms with E-state index in [2.05, 4.69) is 0 Å². The minimum atomic E-state index is -0.623. The fraction of sp³-hybridized carbons (Fsp3) is 0.778. The van der Waals surface area contributed by atoms with Crippen molar-refractivity contribution in [2.75, 3.05) is 13.2 Å². The van der Waals surface area contributed by atoms with Gasteiger partial charge < -0.3 is 14.2 Å². The summed E-state index contributed by atoms with van der Waals surface area (Å²) in [7, 11) is 0. The van der Waals surface area contributed by atoms with Gasteiger partial charge in [-0.1, -0.05) is 0 Å². The number of ether oxygens (including phenoxy) is 3. The third kappa shape index (κ3) is 15.5. The van der Waals surface area contributed by atoms with Gasteiger partial charge in [0.15, 0.2) is 0 Å². The molecule has 0 N–H and O–H groups in total. The van der Waals surface area contributed by atoms with Crippen molar-refractivity contribution < 1.29 is 33.4 Å². The van der Waals surface area contributed by atoms with Gasteiger partial charge in [0.2, 0.25) is 0 Å². The molecule has 7 heteroatoms. The molecule has 0 aliphatic rings. The molecule has 25 heavy (non-hydrogen) atoms. The number of esters is 2. The number of hydrogen-bond acceptors (Lipinski definition) is 7. The lowest BCUT2D eigenvalue weighted by molar-refractivity contribution is -0.157. The second-order valence-electron chi connectivity index (χ2n) is 7.72. The van der Waals surface area contributed by atoms with E-state index in [-0.39, 0.29) is 50.5 Å².